The normalized spacial score (nSPS) is 20.3. The Bertz CT molecular complexity index is 1230. The van der Waals surface area contributed by atoms with E-state index in [0.29, 0.717) is 0 Å². The van der Waals surface area contributed by atoms with Gasteiger partial charge in [0.2, 0.25) is 11.9 Å². The molecule has 0 bridgehead atoms. The van der Waals surface area contributed by atoms with Gasteiger partial charge in [-0.05, 0) is 49.2 Å². The molecule has 1 aliphatic heterocycles. The zero-order valence-corrected chi connectivity index (χ0v) is 17.5. The lowest BCUT2D eigenvalue weighted by Crippen LogP contribution is -2.58. The van der Waals surface area contributed by atoms with Crippen LogP contribution in [0.15, 0.2) is 47.5 Å². The highest BCUT2D eigenvalue weighted by molar-refractivity contribution is 6.03. The van der Waals surface area contributed by atoms with Crippen LogP contribution in [0.3, 0.4) is 0 Å². The molecule has 1 saturated heterocycles. The number of nitrogens with one attached hydrogen (secondary N) is 1. The Balaban J connectivity index is 1.79. The number of guanidine groups is 1. The fourth-order valence-electron chi connectivity index (χ4n) is 3.94. The third-order valence-corrected chi connectivity index (χ3v) is 5.60. The summed E-state index contributed by atoms with van der Waals surface area (Å²) in [4.78, 5) is 33.0. The van der Waals surface area contributed by atoms with Gasteiger partial charge in [-0.3, -0.25) is 14.3 Å². The molecule has 9 nitrogen and oxygen atoms in total. The molecule has 2 amide bonds. The highest BCUT2D eigenvalue weighted by atomic mass is 16.4. The van der Waals surface area contributed by atoms with Crippen LogP contribution < -0.4 is 5.32 Å². The van der Waals surface area contributed by atoms with Gasteiger partial charge in [0.15, 0.2) is 0 Å². The van der Waals surface area contributed by atoms with E-state index in [1.165, 1.54) is 11.9 Å². The molecule has 0 spiro atoms. The molecule has 1 atom stereocenters. The first-order valence-electron chi connectivity index (χ1n) is 9.78. The van der Waals surface area contributed by atoms with Crippen molar-refractivity contribution in [1.29, 1.82) is 0 Å². The van der Waals surface area contributed by atoms with Crippen LogP contribution >= 0.6 is 0 Å². The molecule has 0 radical (unpaired) electrons. The Labute approximate surface area is 178 Å². The quantitative estimate of drug-likeness (QED) is 0.598. The number of rotatable bonds is 3. The van der Waals surface area contributed by atoms with Crippen molar-refractivity contribution < 1.29 is 19.8 Å². The van der Waals surface area contributed by atoms with Crippen molar-refractivity contribution in [2.75, 3.05) is 7.05 Å². The number of amides is 2. The molecule has 31 heavy (non-hydrogen) atoms. The van der Waals surface area contributed by atoms with Crippen LogP contribution in [-0.2, 0) is 16.9 Å². The molecule has 1 aromatic heterocycles. The molecule has 0 aliphatic carbocycles. The van der Waals surface area contributed by atoms with E-state index < -0.39 is 11.6 Å². The molecular weight excluding hydrogens is 398 g/mol. The summed E-state index contributed by atoms with van der Waals surface area (Å²) in [6, 6.07) is 13.3. The van der Waals surface area contributed by atoms with Crippen LogP contribution in [0, 0.1) is 6.92 Å². The van der Waals surface area contributed by atoms with E-state index in [9.17, 15) is 14.7 Å². The molecule has 2 aromatic carbocycles. The number of hydrogen-bond acceptors (Lipinski definition) is 4. The van der Waals surface area contributed by atoms with Gasteiger partial charge in [0.05, 0.1) is 29.6 Å². The molecule has 0 saturated carbocycles. The Kier molecular flexibility index (Phi) is 4.98. The largest absolute Gasteiger partial charge is 0.463 e. The third kappa shape index (κ3) is 3.64. The predicted octanol–water partition coefficient (Wildman–Crippen LogP) is 2.53. The average molecular weight is 421 g/mol. The summed E-state index contributed by atoms with van der Waals surface area (Å²) in [5.74, 6) is 0.554. The monoisotopic (exact) mass is 421 g/mol. The number of aliphatic hydroxyl groups excluding tert-OH is 1. The molecule has 2 heterocycles. The maximum absolute atomic E-state index is 12.6. The number of carbonyl (C=O) groups excluding carboxylic acids is 1. The second-order valence-corrected chi connectivity index (χ2v) is 7.83. The first kappa shape index (κ1) is 20.5. The number of nitrogens with zero attached hydrogens (tertiary/aromatic N) is 4. The van der Waals surface area contributed by atoms with Crippen LogP contribution in [-0.4, -0.2) is 49.7 Å². The van der Waals surface area contributed by atoms with Gasteiger partial charge in [-0.1, -0.05) is 18.2 Å². The van der Waals surface area contributed by atoms with Gasteiger partial charge >= 0.3 is 6.09 Å². The lowest BCUT2D eigenvalue weighted by atomic mass is 9.86. The van der Waals surface area contributed by atoms with E-state index in [0.717, 1.165) is 33.7 Å². The van der Waals surface area contributed by atoms with Crippen molar-refractivity contribution in [1.82, 2.24) is 19.8 Å². The van der Waals surface area contributed by atoms with E-state index in [-0.39, 0.29) is 24.9 Å². The van der Waals surface area contributed by atoms with E-state index >= 15 is 0 Å². The van der Waals surface area contributed by atoms with Crippen molar-refractivity contribution in [3.63, 3.8) is 0 Å². The summed E-state index contributed by atoms with van der Waals surface area (Å²) in [5.41, 5.74) is 3.32. The number of carboxylic acid groups (broad SMARTS) is 1. The molecule has 3 aromatic rings. The third-order valence-electron chi connectivity index (χ3n) is 5.60. The molecular formula is C22H23N5O4. The fourth-order valence-corrected chi connectivity index (χ4v) is 3.94. The number of aliphatic hydroxyl groups is 1. The number of benzene rings is 2. The smallest absolute Gasteiger partial charge is 0.434 e. The van der Waals surface area contributed by atoms with Gasteiger partial charge in [-0.25, -0.2) is 9.78 Å². The minimum atomic E-state index is -1.37. The number of fused-ring (bicyclic) bond motifs is 1. The van der Waals surface area contributed by atoms with Gasteiger partial charge in [0.1, 0.15) is 5.82 Å². The van der Waals surface area contributed by atoms with Gasteiger partial charge in [0, 0.05) is 12.7 Å². The maximum atomic E-state index is 12.6. The van der Waals surface area contributed by atoms with E-state index in [1.807, 2.05) is 60.9 Å². The lowest BCUT2D eigenvalue weighted by molar-refractivity contribution is -0.129. The number of imidazole rings is 1. The van der Waals surface area contributed by atoms with Gasteiger partial charge < -0.3 is 15.5 Å². The zero-order valence-electron chi connectivity index (χ0n) is 17.5. The minimum Gasteiger partial charge on any atom is -0.463 e. The van der Waals surface area contributed by atoms with E-state index in [4.69, 9.17) is 5.11 Å². The van der Waals surface area contributed by atoms with Crippen LogP contribution in [0.25, 0.3) is 16.7 Å². The summed E-state index contributed by atoms with van der Waals surface area (Å²) in [7, 11) is 1.49. The molecule has 4 rings (SSSR count). The minimum absolute atomic E-state index is 0.00236. The second kappa shape index (κ2) is 7.51. The molecule has 0 unspecified atom stereocenters. The summed E-state index contributed by atoms with van der Waals surface area (Å²) >= 11 is 0. The lowest BCUT2D eigenvalue weighted by Gasteiger charge is -2.40. The standard InChI is InChI=1S/C22H23N5O4/c1-13-23-17-9-14(12-28)7-8-18(17)27(13)16-6-4-5-15(10-16)22(2)11-19(29)26(3)20(25-22)24-21(30)31/h4-10,28H,11-12H2,1-3H3,(H,24,25)(H,30,31)/t22-/m0/s1. The van der Waals surface area contributed by atoms with Crippen molar-refractivity contribution >= 4 is 29.0 Å². The van der Waals surface area contributed by atoms with Crippen LogP contribution in [0.5, 0.6) is 0 Å². The van der Waals surface area contributed by atoms with E-state index in [1.54, 1.807) is 0 Å². The predicted molar refractivity (Wildman–Crippen MR) is 115 cm³/mol. The Morgan fingerprint density at radius 1 is 1.29 bits per heavy atom. The van der Waals surface area contributed by atoms with Crippen molar-refractivity contribution in [2.45, 2.75) is 32.4 Å². The Hall–Kier alpha value is -3.72. The number of aryl methyl sites for hydroxylation is 1. The van der Waals surface area contributed by atoms with Crippen LogP contribution in [0.2, 0.25) is 0 Å². The van der Waals surface area contributed by atoms with Crippen molar-refractivity contribution in [3.8, 4) is 5.69 Å². The molecule has 1 aliphatic rings. The molecule has 9 heteroatoms. The van der Waals surface area contributed by atoms with Crippen LogP contribution in [0.4, 0.5) is 4.79 Å². The number of aromatic nitrogens is 2. The maximum Gasteiger partial charge on any atom is 0.434 e. The first-order valence-corrected chi connectivity index (χ1v) is 9.78. The molecule has 160 valence electrons. The summed E-state index contributed by atoms with van der Waals surface area (Å²) in [6.07, 6.45) is -1.22. The number of hydrogen-bond donors (Lipinski definition) is 3. The highest BCUT2D eigenvalue weighted by Gasteiger charge is 2.39. The average Bonchev–Trinajstić information content (AvgIpc) is 3.06. The van der Waals surface area contributed by atoms with Gasteiger partial charge in [0.25, 0.3) is 0 Å². The SMILES string of the molecule is Cc1nc2cc(CO)ccc2n1-c1cccc([C@]2(C)CC(=O)N(C)/C(=N/C(=O)O)N2)c1. The Morgan fingerprint density at radius 2 is 2.06 bits per heavy atom. The summed E-state index contributed by atoms with van der Waals surface area (Å²) in [6.45, 7) is 3.70. The number of aliphatic imine (C=N–C) groups is 1. The van der Waals surface area contributed by atoms with Gasteiger partial charge in [-0.15, -0.1) is 4.99 Å². The van der Waals surface area contributed by atoms with Crippen LogP contribution in [0.1, 0.15) is 30.3 Å². The highest BCUT2D eigenvalue weighted by Crippen LogP contribution is 2.31. The molecule has 1 fully saturated rings. The van der Waals surface area contributed by atoms with Crippen molar-refractivity contribution in [2.24, 2.45) is 4.99 Å². The first-order chi connectivity index (χ1) is 14.7. The van der Waals surface area contributed by atoms with E-state index in [2.05, 4.69) is 15.3 Å². The topological polar surface area (TPSA) is 120 Å². The fraction of sp³-hybridized carbons (Fsp3) is 0.273. The zero-order chi connectivity index (χ0) is 22.3. The number of carbonyl (C=O) groups is 2. The Morgan fingerprint density at radius 3 is 2.77 bits per heavy atom. The van der Waals surface area contributed by atoms with Crippen molar-refractivity contribution in [3.05, 3.63) is 59.4 Å². The summed E-state index contributed by atoms with van der Waals surface area (Å²) < 4.78 is 2.01. The van der Waals surface area contributed by atoms with Gasteiger partial charge in [-0.2, -0.15) is 0 Å². The molecule has 3 N–H and O–H groups in total. The second-order valence-electron chi connectivity index (χ2n) is 7.83. The summed E-state index contributed by atoms with van der Waals surface area (Å²) in [5, 5.41) is 21.6.